The maximum atomic E-state index is 11.5. The van der Waals surface area contributed by atoms with E-state index in [0.717, 1.165) is 0 Å². The van der Waals surface area contributed by atoms with Crippen LogP contribution in [0, 0.1) is 6.33 Å². The topological polar surface area (TPSA) is 35.0 Å². The van der Waals surface area contributed by atoms with E-state index in [-0.39, 0.29) is 5.75 Å². The molecule has 1 heterocycles. The Morgan fingerprint density at radius 2 is 2.09 bits per heavy atom. The van der Waals surface area contributed by atoms with Crippen LogP contribution in [0.3, 0.4) is 0 Å². The minimum atomic E-state index is -2.47. The van der Waals surface area contributed by atoms with Gasteiger partial charge in [0.05, 0.1) is 12.4 Å². The molecule has 0 saturated heterocycles. The van der Waals surface area contributed by atoms with Crippen LogP contribution in [0.4, 0.5) is 8.78 Å². The van der Waals surface area contributed by atoms with Gasteiger partial charge in [-0.3, -0.25) is 0 Å². The van der Waals surface area contributed by atoms with Crippen molar-refractivity contribution in [2.45, 2.75) is 6.43 Å². The van der Waals surface area contributed by atoms with Gasteiger partial charge in [-0.1, -0.05) is 0 Å². The Balaban J connectivity index is 2.39. The van der Waals surface area contributed by atoms with Gasteiger partial charge in [0.15, 0.2) is 12.1 Å². The van der Waals surface area contributed by atoms with Gasteiger partial charge in [-0.25, -0.2) is 18.7 Å². The van der Waals surface area contributed by atoms with Crippen molar-refractivity contribution in [1.82, 2.24) is 9.97 Å². The Labute approximate surface area is 62.0 Å². The predicted octanol–water partition coefficient (Wildman–Crippen LogP) is 0.921. The summed E-state index contributed by atoms with van der Waals surface area (Å²) in [4.78, 5) is 6.91. The molecular weight excluding hydrogens is 154 g/mol. The van der Waals surface area contributed by atoms with Gasteiger partial charge in [0.2, 0.25) is 0 Å². The second-order valence-electron chi connectivity index (χ2n) is 1.72. The molecule has 1 aromatic heterocycles. The molecule has 0 spiro atoms. The lowest BCUT2D eigenvalue weighted by Gasteiger charge is -2.01. The van der Waals surface area contributed by atoms with E-state index < -0.39 is 13.0 Å². The predicted molar refractivity (Wildman–Crippen MR) is 32.4 cm³/mol. The van der Waals surface area contributed by atoms with Crippen LogP contribution < -0.4 is 4.74 Å². The second kappa shape index (κ2) is 3.80. The first-order chi connectivity index (χ1) is 5.29. The smallest absolute Gasteiger partial charge is 0.272 e. The third kappa shape index (κ3) is 2.88. The average molecular weight is 159 g/mol. The SMILES string of the molecule is FC(F)COc1cn[c]nc1. The van der Waals surface area contributed by atoms with Crippen molar-refractivity contribution in [2.24, 2.45) is 0 Å². The molecule has 0 aliphatic carbocycles. The number of hydrogen-bond acceptors (Lipinski definition) is 3. The van der Waals surface area contributed by atoms with Crippen molar-refractivity contribution in [3.63, 3.8) is 0 Å². The summed E-state index contributed by atoms with van der Waals surface area (Å²) in [6, 6.07) is 0. The summed E-state index contributed by atoms with van der Waals surface area (Å²) in [7, 11) is 0. The molecule has 0 N–H and O–H groups in total. The quantitative estimate of drug-likeness (QED) is 0.657. The lowest BCUT2D eigenvalue weighted by atomic mass is 10.6. The van der Waals surface area contributed by atoms with Gasteiger partial charge >= 0.3 is 0 Å². The van der Waals surface area contributed by atoms with Gasteiger partial charge in [-0.05, 0) is 0 Å². The third-order valence-corrected chi connectivity index (χ3v) is 0.875. The molecule has 0 unspecified atom stereocenters. The van der Waals surface area contributed by atoms with Crippen molar-refractivity contribution >= 4 is 0 Å². The Hall–Kier alpha value is -1.26. The lowest BCUT2D eigenvalue weighted by molar-refractivity contribution is 0.0815. The maximum absolute atomic E-state index is 11.5. The second-order valence-corrected chi connectivity index (χ2v) is 1.72. The number of alkyl halides is 2. The van der Waals surface area contributed by atoms with Crippen LogP contribution in [0.5, 0.6) is 5.75 Å². The van der Waals surface area contributed by atoms with E-state index in [4.69, 9.17) is 0 Å². The highest BCUT2D eigenvalue weighted by atomic mass is 19.3. The third-order valence-electron chi connectivity index (χ3n) is 0.875. The van der Waals surface area contributed by atoms with Crippen LogP contribution in [0.25, 0.3) is 0 Å². The molecule has 5 heteroatoms. The van der Waals surface area contributed by atoms with E-state index >= 15 is 0 Å². The van der Waals surface area contributed by atoms with Gasteiger partial charge in [-0.2, -0.15) is 0 Å². The molecule has 0 saturated carbocycles. The zero-order valence-corrected chi connectivity index (χ0v) is 5.50. The minimum absolute atomic E-state index is 0.226. The summed E-state index contributed by atoms with van der Waals surface area (Å²) in [6.45, 7) is -0.632. The molecule has 1 radical (unpaired) electrons. The van der Waals surface area contributed by atoms with E-state index in [1.807, 2.05) is 0 Å². The average Bonchev–Trinajstić information content (AvgIpc) is 2.03. The van der Waals surface area contributed by atoms with Crippen LogP contribution >= 0.6 is 0 Å². The summed E-state index contributed by atoms with van der Waals surface area (Å²) in [5.74, 6) is 0.226. The fourth-order valence-corrected chi connectivity index (χ4v) is 0.485. The molecule has 0 amide bonds. The fourth-order valence-electron chi connectivity index (χ4n) is 0.485. The summed E-state index contributed by atoms with van der Waals surface area (Å²) in [5.41, 5.74) is 0. The zero-order valence-electron chi connectivity index (χ0n) is 5.50. The molecule has 1 rings (SSSR count). The van der Waals surface area contributed by atoms with Crippen LogP contribution in [0.15, 0.2) is 12.4 Å². The minimum Gasteiger partial charge on any atom is -0.484 e. The summed E-state index contributed by atoms with van der Waals surface area (Å²) in [5, 5.41) is 0. The standard InChI is InChI=1S/C6H5F2N2O/c7-6(8)3-11-5-1-9-4-10-2-5/h1-2,6H,3H2. The Kier molecular flexibility index (Phi) is 2.71. The van der Waals surface area contributed by atoms with E-state index in [2.05, 4.69) is 21.0 Å². The molecule has 0 aromatic carbocycles. The monoisotopic (exact) mass is 159 g/mol. The fraction of sp³-hybridized carbons (Fsp3) is 0.333. The number of hydrogen-bond donors (Lipinski definition) is 0. The first-order valence-corrected chi connectivity index (χ1v) is 2.88. The molecule has 1 aromatic rings. The normalized spacial score (nSPS) is 10.1. The molecule has 0 bridgehead atoms. The van der Waals surface area contributed by atoms with Crippen molar-refractivity contribution in [2.75, 3.05) is 6.61 Å². The molecular formula is C6H5F2N2O. The summed E-state index contributed by atoms with van der Waals surface area (Å²) in [6.07, 6.45) is 2.33. The zero-order chi connectivity index (χ0) is 8.10. The highest BCUT2D eigenvalue weighted by molar-refractivity contribution is 5.09. The molecule has 0 aliphatic heterocycles. The Morgan fingerprint density at radius 3 is 2.64 bits per heavy atom. The first kappa shape index (κ1) is 7.84. The number of halogens is 2. The number of nitrogens with zero attached hydrogens (tertiary/aromatic N) is 2. The highest BCUT2D eigenvalue weighted by Gasteiger charge is 2.02. The van der Waals surface area contributed by atoms with Gasteiger partial charge in [0, 0.05) is 0 Å². The first-order valence-electron chi connectivity index (χ1n) is 2.88. The van der Waals surface area contributed by atoms with Crippen LogP contribution in [0.1, 0.15) is 0 Å². The van der Waals surface area contributed by atoms with Gasteiger partial charge in [-0.15, -0.1) is 0 Å². The summed E-state index contributed by atoms with van der Waals surface area (Å²) < 4.78 is 27.7. The number of aromatic nitrogens is 2. The van der Waals surface area contributed by atoms with E-state index in [1.165, 1.54) is 12.4 Å². The largest absolute Gasteiger partial charge is 0.484 e. The molecule has 0 atom stereocenters. The van der Waals surface area contributed by atoms with Gasteiger partial charge < -0.3 is 4.74 Å². The maximum Gasteiger partial charge on any atom is 0.272 e. The van der Waals surface area contributed by atoms with Crippen LogP contribution in [0.2, 0.25) is 0 Å². The van der Waals surface area contributed by atoms with E-state index in [9.17, 15) is 8.78 Å². The van der Waals surface area contributed by atoms with Crippen LogP contribution in [-0.2, 0) is 0 Å². The molecule has 0 aliphatic rings. The van der Waals surface area contributed by atoms with Gasteiger partial charge in [0.25, 0.3) is 6.43 Å². The number of rotatable bonds is 3. The van der Waals surface area contributed by atoms with Crippen molar-refractivity contribution in [3.8, 4) is 5.75 Å². The van der Waals surface area contributed by atoms with Gasteiger partial charge in [0.1, 0.15) is 6.61 Å². The molecule has 3 nitrogen and oxygen atoms in total. The van der Waals surface area contributed by atoms with Crippen molar-refractivity contribution < 1.29 is 13.5 Å². The van der Waals surface area contributed by atoms with E-state index in [1.54, 1.807) is 0 Å². The summed E-state index contributed by atoms with van der Waals surface area (Å²) >= 11 is 0. The van der Waals surface area contributed by atoms with Crippen molar-refractivity contribution in [3.05, 3.63) is 18.7 Å². The highest BCUT2D eigenvalue weighted by Crippen LogP contribution is 2.05. The molecule has 0 fully saturated rings. The van der Waals surface area contributed by atoms with Crippen LogP contribution in [-0.4, -0.2) is 23.0 Å². The Morgan fingerprint density at radius 1 is 1.45 bits per heavy atom. The molecule has 11 heavy (non-hydrogen) atoms. The lowest BCUT2D eigenvalue weighted by Crippen LogP contribution is -2.07. The number of ether oxygens (including phenoxy) is 1. The Bertz CT molecular complexity index is 205. The molecule has 59 valence electrons. The van der Waals surface area contributed by atoms with Crippen molar-refractivity contribution in [1.29, 1.82) is 0 Å². The van der Waals surface area contributed by atoms with E-state index in [0.29, 0.717) is 0 Å².